The van der Waals surface area contributed by atoms with Crippen LogP contribution in [0.3, 0.4) is 0 Å². The molecule has 0 aliphatic heterocycles. The molecule has 1 atom stereocenters. The Morgan fingerprint density at radius 1 is 1.64 bits per heavy atom. The van der Waals surface area contributed by atoms with Gasteiger partial charge in [-0.1, -0.05) is 0 Å². The van der Waals surface area contributed by atoms with Gasteiger partial charge in [0.2, 0.25) is 5.91 Å². The van der Waals surface area contributed by atoms with Crippen LogP contribution in [0.2, 0.25) is 0 Å². The fraction of sp³-hybridized carbons (Fsp3) is 0.600. The van der Waals surface area contributed by atoms with Crippen LogP contribution in [-0.2, 0) is 9.59 Å². The van der Waals surface area contributed by atoms with Gasteiger partial charge in [-0.05, 0) is 18.2 Å². The normalized spacial score (nSPS) is 12.5. The number of rotatable bonds is 5. The highest BCUT2D eigenvalue weighted by Gasteiger charge is 2.15. The molecule has 0 heterocycles. The summed E-state index contributed by atoms with van der Waals surface area (Å²) < 4.78 is 0. The molecule has 1 amide bonds. The van der Waals surface area contributed by atoms with Crippen molar-refractivity contribution in [2.45, 2.75) is 18.9 Å². The van der Waals surface area contributed by atoms with E-state index in [1.807, 2.05) is 4.84 Å². The number of primary amides is 1. The number of carbonyl (C=O) groups excluding carboxylic acids is 1. The van der Waals surface area contributed by atoms with Crippen molar-refractivity contribution >= 4 is 23.7 Å². The van der Waals surface area contributed by atoms with E-state index in [4.69, 9.17) is 22.6 Å². The van der Waals surface area contributed by atoms with Crippen molar-refractivity contribution in [2.24, 2.45) is 5.73 Å². The second kappa shape index (κ2) is 4.92. The number of carbonyl (C=O) groups is 2. The maximum atomic E-state index is 10.2. The van der Waals surface area contributed by atoms with Gasteiger partial charge in [0, 0.05) is 6.42 Å². The summed E-state index contributed by atoms with van der Waals surface area (Å²) in [5.74, 6) is -1.63. The third-order valence-electron chi connectivity index (χ3n) is 1.11. The zero-order valence-electron chi connectivity index (χ0n) is 5.71. The number of carboxylic acid groups (broad SMARTS) is 1. The van der Waals surface area contributed by atoms with Crippen molar-refractivity contribution in [1.82, 2.24) is 4.84 Å². The van der Waals surface area contributed by atoms with Crippen molar-refractivity contribution in [3.05, 3.63) is 0 Å². The summed E-state index contributed by atoms with van der Waals surface area (Å²) in [6.07, 6.45) is 0.116. The second-order valence-corrected chi connectivity index (χ2v) is 2.22. The highest BCUT2D eigenvalue weighted by Crippen LogP contribution is 1.97. The number of carboxylic acids is 1. The summed E-state index contributed by atoms with van der Waals surface area (Å²) in [4.78, 5) is 22.5. The predicted octanol–water partition coefficient (Wildman–Crippen LogP) is -0.552. The Morgan fingerprint density at radius 2 is 2.18 bits per heavy atom. The molecule has 0 aliphatic carbocycles. The first-order valence-electron chi connectivity index (χ1n) is 2.95. The van der Waals surface area contributed by atoms with Crippen molar-refractivity contribution in [3.8, 4) is 0 Å². The minimum atomic E-state index is -1.10. The molecule has 0 saturated carbocycles. The Kier molecular flexibility index (Phi) is 4.56. The molecule has 11 heavy (non-hydrogen) atoms. The van der Waals surface area contributed by atoms with Gasteiger partial charge in [-0.3, -0.25) is 9.59 Å². The summed E-state index contributed by atoms with van der Waals surface area (Å²) in [6.45, 7) is 0. The Hall–Kier alpha value is -0.810. The fourth-order valence-corrected chi connectivity index (χ4v) is 0.714. The van der Waals surface area contributed by atoms with Crippen LogP contribution in [0.4, 0.5) is 0 Å². The summed E-state index contributed by atoms with van der Waals surface area (Å²) in [7, 11) is 0. The van der Waals surface area contributed by atoms with Crippen LogP contribution in [0, 0.1) is 0 Å². The summed E-state index contributed by atoms with van der Waals surface area (Å²) in [5.41, 5.74) is 4.79. The van der Waals surface area contributed by atoms with Gasteiger partial charge in [0.25, 0.3) is 0 Å². The molecule has 1 unspecified atom stereocenters. The minimum Gasteiger partial charge on any atom is -0.480 e. The van der Waals surface area contributed by atoms with Gasteiger partial charge in [0.15, 0.2) is 0 Å². The number of aliphatic carboxylic acids is 1. The lowest BCUT2D eigenvalue weighted by Gasteiger charge is -2.06. The highest BCUT2D eigenvalue weighted by molar-refractivity contribution is 6.14. The third kappa shape index (κ3) is 4.58. The van der Waals surface area contributed by atoms with E-state index in [0.717, 1.165) is 0 Å². The lowest BCUT2D eigenvalue weighted by molar-refractivity contribution is -0.139. The van der Waals surface area contributed by atoms with E-state index in [-0.39, 0.29) is 12.8 Å². The zero-order valence-corrected chi connectivity index (χ0v) is 6.47. The summed E-state index contributed by atoms with van der Waals surface area (Å²) in [5, 5.41) is 8.39. The van der Waals surface area contributed by atoms with Crippen LogP contribution in [-0.4, -0.2) is 23.0 Å². The van der Waals surface area contributed by atoms with E-state index in [1.165, 1.54) is 0 Å². The van der Waals surface area contributed by atoms with Crippen LogP contribution in [0.15, 0.2) is 0 Å². The van der Waals surface area contributed by atoms with Crippen LogP contribution in [0.5, 0.6) is 0 Å². The van der Waals surface area contributed by atoms with Crippen molar-refractivity contribution in [1.29, 1.82) is 0 Å². The average molecular weight is 181 g/mol. The van der Waals surface area contributed by atoms with E-state index >= 15 is 0 Å². The molecule has 0 radical (unpaired) electrons. The van der Waals surface area contributed by atoms with Gasteiger partial charge in [0.1, 0.15) is 6.04 Å². The number of hydrogen-bond acceptors (Lipinski definition) is 3. The number of hydrogen-bond donors (Lipinski definition) is 3. The lowest BCUT2D eigenvalue weighted by Crippen LogP contribution is -2.31. The smallest absolute Gasteiger partial charge is 0.321 e. The predicted molar refractivity (Wildman–Crippen MR) is 38.8 cm³/mol. The second-order valence-electron chi connectivity index (χ2n) is 2.00. The first-order valence-corrected chi connectivity index (χ1v) is 3.33. The molecule has 0 bridgehead atoms. The minimum absolute atomic E-state index is 0.0106. The van der Waals surface area contributed by atoms with E-state index in [2.05, 4.69) is 0 Å². The van der Waals surface area contributed by atoms with Crippen LogP contribution in [0.1, 0.15) is 12.8 Å². The molecule has 0 saturated heterocycles. The van der Waals surface area contributed by atoms with Crippen LogP contribution >= 0.6 is 11.8 Å². The fourth-order valence-electron chi connectivity index (χ4n) is 0.511. The van der Waals surface area contributed by atoms with Crippen molar-refractivity contribution in [3.63, 3.8) is 0 Å². The number of nitrogens with two attached hydrogens (primary N) is 1. The Balaban J connectivity index is 3.70. The van der Waals surface area contributed by atoms with Crippen LogP contribution < -0.4 is 10.6 Å². The maximum Gasteiger partial charge on any atom is 0.321 e. The van der Waals surface area contributed by atoms with E-state index in [0.29, 0.717) is 0 Å². The molecule has 0 rings (SSSR count). The highest BCUT2D eigenvalue weighted by atomic mass is 35.5. The van der Waals surface area contributed by atoms with E-state index in [9.17, 15) is 9.59 Å². The van der Waals surface area contributed by atoms with Gasteiger partial charge in [-0.15, -0.1) is 0 Å². The standard InChI is InChI=1S/C5H9ClN2O3/c6-8-3(5(10)11)1-2-4(7)9/h3,8H,1-2H2,(H2,7,9)(H,10,11). The Bertz CT molecular complexity index is 162. The maximum absolute atomic E-state index is 10.2. The summed E-state index contributed by atoms with van der Waals surface area (Å²) >= 11 is 5.06. The van der Waals surface area contributed by atoms with Gasteiger partial charge in [-0.2, -0.15) is 0 Å². The number of amides is 1. The topological polar surface area (TPSA) is 92.4 Å². The average Bonchev–Trinajstić information content (AvgIpc) is 1.87. The third-order valence-corrected chi connectivity index (χ3v) is 1.37. The quantitative estimate of drug-likeness (QED) is 0.495. The van der Waals surface area contributed by atoms with E-state index < -0.39 is 17.9 Å². The van der Waals surface area contributed by atoms with Crippen molar-refractivity contribution < 1.29 is 14.7 Å². The van der Waals surface area contributed by atoms with Gasteiger partial charge in [0.05, 0.1) is 0 Å². The first-order chi connectivity index (χ1) is 5.07. The molecule has 0 aromatic heterocycles. The Morgan fingerprint density at radius 3 is 2.45 bits per heavy atom. The molecule has 4 N–H and O–H groups in total. The molecule has 0 fully saturated rings. The molecular weight excluding hydrogens is 172 g/mol. The molecule has 0 aromatic carbocycles. The molecule has 5 nitrogen and oxygen atoms in total. The lowest BCUT2D eigenvalue weighted by atomic mass is 10.2. The SMILES string of the molecule is NC(=O)CCC(NCl)C(=O)O. The van der Waals surface area contributed by atoms with Gasteiger partial charge >= 0.3 is 5.97 Å². The van der Waals surface area contributed by atoms with Crippen LogP contribution in [0.25, 0.3) is 0 Å². The number of halogens is 1. The molecule has 0 aliphatic rings. The largest absolute Gasteiger partial charge is 0.480 e. The molecule has 64 valence electrons. The molecule has 0 aromatic rings. The zero-order chi connectivity index (χ0) is 8.85. The Labute approximate surface area is 68.6 Å². The van der Waals surface area contributed by atoms with E-state index in [1.54, 1.807) is 0 Å². The summed E-state index contributed by atoms with van der Waals surface area (Å²) in [6, 6.07) is -0.913. The van der Waals surface area contributed by atoms with Crippen molar-refractivity contribution in [2.75, 3.05) is 0 Å². The molecule has 6 heteroatoms. The molecular formula is C5H9ClN2O3. The number of nitrogens with one attached hydrogen (secondary N) is 1. The first kappa shape index (κ1) is 10.2. The molecule has 0 spiro atoms. The monoisotopic (exact) mass is 180 g/mol. The van der Waals surface area contributed by atoms with Gasteiger partial charge < -0.3 is 10.8 Å². The van der Waals surface area contributed by atoms with Gasteiger partial charge in [-0.25, -0.2) is 4.84 Å².